The third kappa shape index (κ3) is 4.64. The molecule has 0 aromatic carbocycles. The van der Waals surface area contributed by atoms with Crippen LogP contribution in [0, 0.1) is 5.92 Å². The summed E-state index contributed by atoms with van der Waals surface area (Å²) in [7, 11) is 0. The Kier molecular flexibility index (Phi) is 6.72. The zero-order chi connectivity index (χ0) is 13.4. The standard InChI is InChI=1S/C13H23NO4/c1-3-7-14(9-12(15)18-4-2)13(16)11-6-5-8-17-10-11/h11H,3-10H2,1-2H3. The van der Waals surface area contributed by atoms with Crippen molar-refractivity contribution in [3.05, 3.63) is 0 Å². The highest BCUT2D eigenvalue weighted by Gasteiger charge is 2.27. The summed E-state index contributed by atoms with van der Waals surface area (Å²) in [6.45, 7) is 5.95. The maximum atomic E-state index is 12.3. The minimum absolute atomic E-state index is 0.0182. The first-order chi connectivity index (χ1) is 8.69. The number of ether oxygens (including phenoxy) is 2. The van der Waals surface area contributed by atoms with Crippen molar-refractivity contribution < 1.29 is 19.1 Å². The Morgan fingerprint density at radius 2 is 2.17 bits per heavy atom. The fourth-order valence-corrected chi connectivity index (χ4v) is 2.09. The smallest absolute Gasteiger partial charge is 0.325 e. The van der Waals surface area contributed by atoms with E-state index in [2.05, 4.69) is 0 Å². The first-order valence-corrected chi connectivity index (χ1v) is 6.71. The molecule has 1 atom stereocenters. The quantitative estimate of drug-likeness (QED) is 0.671. The SMILES string of the molecule is CCCN(CC(=O)OCC)C(=O)C1CCCOC1. The molecule has 1 aliphatic heterocycles. The van der Waals surface area contributed by atoms with E-state index >= 15 is 0 Å². The summed E-state index contributed by atoms with van der Waals surface area (Å²) in [6, 6.07) is 0. The van der Waals surface area contributed by atoms with Crippen molar-refractivity contribution in [3.63, 3.8) is 0 Å². The lowest BCUT2D eigenvalue weighted by Gasteiger charge is -2.28. The number of amides is 1. The number of nitrogens with zero attached hydrogens (tertiary/aromatic N) is 1. The molecule has 18 heavy (non-hydrogen) atoms. The molecule has 1 rings (SSSR count). The van der Waals surface area contributed by atoms with Gasteiger partial charge in [0.15, 0.2) is 0 Å². The number of carbonyl (C=O) groups excluding carboxylic acids is 2. The Hall–Kier alpha value is -1.10. The van der Waals surface area contributed by atoms with Crippen LogP contribution >= 0.6 is 0 Å². The predicted molar refractivity (Wildman–Crippen MR) is 67.0 cm³/mol. The van der Waals surface area contributed by atoms with Gasteiger partial charge in [-0.3, -0.25) is 9.59 Å². The highest BCUT2D eigenvalue weighted by Crippen LogP contribution is 2.16. The Morgan fingerprint density at radius 1 is 1.39 bits per heavy atom. The predicted octanol–water partition coefficient (Wildman–Crippen LogP) is 1.21. The van der Waals surface area contributed by atoms with Crippen molar-refractivity contribution in [1.29, 1.82) is 0 Å². The first kappa shape index (κ1) is 15.0. The van der Waals surface area contributed by atoms with Crippen molar-refractivity contribution in [2.45, 2.75) is 33.1 Å². The molecule has 5 heteroatoms. The minimum Gasteiger partial charge on any atom is -0.465 e. The molecule has 0 radical (unpaired) electrons. The van der Waals surface area contributed by atoms with E-state index in [0.717, 1.165) is 25.9 Å². The van der Waals surface area contributed by atoms with Gasteiger partial charge in [0.2, 0.25) is 5.91 Å². The molecular weight excluding hydrogens is 234 g/mol. The third-order valence-corrected chi connectivity index (χ3v) is 2.94. The lowest BCUT2D eigenvalue weighted by molar-refractivity contribution is -0.151. The summed E-state index contributed by atoms with van der Waals surface area (Å²) in [4.78, 5) is 25.3. The van der Waals surface area contributed by atoms with Crippen LogP contribution in [-0.4, -0.2) is 49.7 Å². The van der Waals surface area contributed by atoms with E-state index in [1.807, 2.05) is 6.92 Å². The second kappa shape index (κ2) is 8.08. The molecule has 0 spiro atoms. The van der Waals surface area contributed by atoms with Crippen LogP contribution in [0.15, 0.2) is 0 Å². The number of hydrogen-bond donors (Lipinski definition) is 0. The van der Waals surface area contributed by atoms with Crippen LogP contribution in [0.5, 0.6) is 0 Å². The van der Waals surface area contributed by atoms with Gasteiger partial charge in [-0.1, -0.05) is 6.92 Å². The van der Waals surface area contributed by atoms with Crippen LogP contribution in [0.4, 0.5) is 0 Å². The molecule has 0 bridgehead atoms. The maximum Gasteiger partial charge on any atom is 0.325 e. The van der Waals surface area contributed by atoms with Gasteiger partial charge in [-0.05, 0) is 26.2 Å². The molecule has 1 aliphatic rings. The molecule has 0 aromatic rings. The van der Waals surface area contributed by atoms with Crippen molar-refractivity contribution >= 4 is 11.9 Å². The maximum absolute atomic E-state index is 12.3. The lowest BCUT2D eigenvalue weighted by atomic mass is 10.0. The second-order valence-electron chi connectivity index (χ2n) is 4.48. The zero-order valence-corrected chi connectivity index (χ0v) is 11.3. The number of esters is 1. The van der Waals surface area contributed by atoms with Gasteiger partial charge in [0, 0.05) is 13.2 Å². The first-order valence-electron chi connectivity index (χ1n) is 6.71. The molecule has 1 fully saturated rings. The van der Waals surface area contributed by atoms with Gasteiger partial charge >= 0.3 is 5.97 Å². The largest absolute Gasteiger partial charge is 0.465 e. The highest BCUT2D eigenvalue weighted by molar-refractivity contribution is 5.83. The molecule has 1 unspecified atom stereocenters. The summed E-state index contributed by atoms with van der Waals surface area (Å²) in [5.41, 5.74) is 0. The van der Waals surface area contributed by atoms with Gasteiger partial charge in [-0.15, -0.1) is 0 Å². The van der Waals surface area contributed by atoms with Gasteiger partial charge < -0.3 is 14.4 Å². The number of carbonyl (C=O) groups is 2. The summed E-state index contributed by atoms with van der Waals surface area (Å²) in [6.07, 6.45) is 2.59. The molecule has 104 valence electrons. The van der Waals surface area contributed by atoms with Gasteiger partial charge in [0.25, 0.3) is 0 Å². The van der Waals surface area contributed by atoms with E-state index in [4.69, 9.17) is 9.47 Å². The van der Waals surface area contributed by atoms with Crippen LogP contribution in [0.2, 0.25) is 0 Å². The van der Waals surface area contributed by atoms with Gasteiger partial charge in [0.05, 0.1) is 19.1 Å². The van der Waals surface area contributed by atoms with Crippen LogP contribution in [0.3, 0.4) is 0 Å². The van der Waals surface area contributed by atoms with Crippen molar-refractivity contribution in [2.24, 2.45) is 5.92 Å². The van der Waals surface area contributed by atoms with Gasteiger partial charge in [0.1, 0.15) is 6.54 Å². The van der Waals surface area contributed by atoms with E-state index in [1.165, 1.54) is 0 Å². The Balaban J connectivity index is 2.53. The summed E-state index contributed by atoms with van der Waals surface area (Å²) in [5.74, 6) is -0.416. The van der Waals surface area contributed by atoms with Gasteiger partial charge in [-0.2, -0.15) is 0 Å². The van der Waals surface area contributed by atoms with Crippen LogP contribution < -0.4 is 0 Å². The minimum atomic E-state index is -0.337. The van der Waals surface area contributed by atoms with E-state index in [9.17, 15) is 9.59 Å². The van der Waals surface area contributed by atoms with E-state index in [-0.39, 0.29) is 24.3 Å². The third-order valence-electron chi connectivity index (χ3n) is 2.94. The van der Waals surface area contributed by atoms with Gasteiger partial charge in [-0.25, -0.2) is 0 Å². The second-order valence-corrected chi connectivity index (χ2v) is 4.48. The van der Waals surface area contributed by atoms with Crippen molar-refractivity contribution in [3.8, 4) is 0 Å². The number of rotatable bonds is 6. The van der Waals surface area contributed by atoms with Crippen molar-refractivity contribution in [1.82, 2.24) is 4.90 Å². The lowest BCUT2D eigenvalue weighted by Crippen LogP contribution is -2.43. The Morgan fingerprint density at radius 3 is 2.72 bits per heavy atom. The summed E-state index contributed by atoms with van der Waals surface area (Å²) in [5, 5.41) is 0. The topological polar surface area (TPSA) is 55.8 Å². The highest BCUT2D eigenvalue weighted by atomic mass is 16.5. The molecule has 1 saturated heterocycles. The fraction of sp³-hybridized carbons (Fsp3) is 0.846. The molecule has 0 saturated carbocycles. The van der Waals surface area contributed by atoms with Crippen LogP contribution in [-0.2, 0) is 19.1 Å². The van der Waals surface area contributed by atoms with E-state index < -0.39 is 0 Å². The molecule has 1 heterocycles. The van der Waals surface area contributed by atoms with E-state index in [0.29, 0.717) is 19.8 Å². The number of hydrogen-bond acceptors (Lipinski definition) is 4. The monoisotopic (exact) mass is 257 g/mol. The molecule has 0 aromatic heterocycles. The van der Waals surface area contributed by atoms with Crippen LogP contribution in [0.1, 0.15) is 33.1 Å². The Labute approximate surface area is 108 Å². The molecule has 1 amide bonds. The molecule has 0 aliphatic carbocycles. The molecule has 0 N–H and O–H groups in total. The van der Waals surface area contributed by atoms with Crippen molar-refractivity contribution in [2.75, 3.05) is 32.9 Å². The fourth-order valence-electron chi connectivity index (χ4n) is 2.09. The van der Waals surface area contributed by atoms with E-state index in [1.54, 1.807) is 11.8 Å². The Bertz CT molecular complexity index is 274. The zero-order valence-electron chi connectivity index (χ0n) is 11.3. The average molecular weight is 257 g/mol. The molecular formula is C13H23NO4. The average Bonchev–Trinajstić information content (AvgIpc) is 2.39. The normalized spacial score (nSPS) is 19.3. The summed E-state index contributed by atoms with van der Waals surface area (Å²) < 4.78 is 10.2. The molecule has 5 nitrogen and oxygen atoms in total. The summed E-state index contributed by atoms with van der Waals surface area (Å²) >= 11 is 0. The van der Waals surface area contributed by atoms with Crippen LogP contribution in [0.25, 0.3) is 0 Å².